The normalized spacial score (nSPS) is 16.0. The van der Waals surface area contributed by atoms with E-state index in [2.05, 4.69) is 26.8 Å². The summed E-state index contributed by atoms with van der Waals surface area (Å²) in [5, 5.41) is 9.18. The summed E-state index contributed by atoms with van der Waals surface area (Å²) in [5.41, 5.74) is 10.4. The van der Waals surface area contributed by atoms with Gasteiger partial charge in [0.1, 0.15) is 29.2 Å². The number of aromatic nitrogens is 1. The first-order chi connectivity index (χ1) is 14.0. The molecule has 2 N–H and O–H groups in total. The van der Waals surface area contributed by atoms with Crippen LogP contribution in [-0.2, 0) is 13.0 Å². The summed E-state index contributed by atoms with van der Waals surface area (Å²) in [7, 11) is 0. The Labute approximate surface area is 167 Å². The Morgan fingerprint density at radius 2 is 2.00 bits per heavy atom. The third-order valence-corrected chi connectivity index (χ3v) is 5.16. The molecule has 29 heavy (non-hydrogen) atoms. The summed E-state index contributed by atoms with van der Waals surface area (Å²) in [4.78, 5) is 6.61. The molecule has 1 aromatic carbocycles. The number of hydrazine groups is 1. The Balaban J connectivity index is 1.58. The smallest absolute Gasteiger partial charge is 0.168 e. The summed E-state index contributed by atoms with van der Waals surface area (Å²) in [6.07, 6.45) is 2.29. The number of hydrogen-bond donors (Lipinski definition) is 2. The van der Waals surface area contributed by atoms with Crippen LogP contribution in [0.5, 0.6) is 11.5 Å². The lowest BCUT2D eigenvalue weighted by molar-refractivity contribution is 0.282. The number of fused-ring (bicyclic) bond motifs is 1. The van der Waals surface area contributed by atoms with Crippen molar-refractivity contribution in [3.05, 3.63) is 76.0 Å². The van der Waals surface area contributed by atoms with Crippen LogP contribution in [0.2, 0.25) is 0 Å². The standard InChI is InChI=1S/C21H19F2N5O/c1-12-13(2)21(27-26-19(12)9-24)28-6-5-18-14(11-28)7-16(10-25-18)29-20-4-3-15(22)8-17(20)23/h3-4,7-8,10,26-27H,5-6,11H2,1-2H3. The van der Waals surface area contributed by atoms with Crippen molar-refractivity contribution in [3.63, 3.8) is 0 Å². The SMILES string of the molecule is CC1=C(C#N)NNC(N2CCc3ncc(Oc4ccc(F)cc4F)cc3C2)=C1C. The molecule has 2 aliphatic rings. The first-order valence-corrected chi connectivity index (χ1v) is 9.16. The maximum atomic E-state index is 13.9. The largest absolute Gasteiger partial charge is 0.453 e. The van der Waals surface area contributed by atoms with E-state index in [0.29, 0.717) is 18.0 Å². The molecular weight excluding hydrogens is 376 g/mol. The third kappa shape index (κ3) is 3.59. The molecule has 148 valence electrons. The zero-order chi connectivity index (χ0) is 20.5. The van der Waals surface area contributed by atoms with Gasteiger partial charge in [-0.15, -0.1) is 0 Å². The lowest BCUT2D eigenvalue weighted by Gasteiger charge is -2.36. The second kappa shape index (κ2) is 7.43. The van der Waals surface area contributed by atoms with Crippen LogP contribution in [0.4, 0.5) is 8.78 Å². The fraction of sp³-hybridized carbons (Fsp3) is 0.238. The lowest BCUT2D eigenvalue weighted by Crippen LogP contribution is -2.44. The zero-order valence-electron chi connectivity index (χ0n) is 16.0. The molecule has 0 spiro atoms. The second-order valence-corrected chi connectivity index (χ2v) is 6.96. The van der Waals surface area contributed by atoms with E-state index in [0.717, 1.165) is 53.3 Å². The van der Waals surface area contributed by atoms with E-state index in [-0.39, 0.29) is 5.75 Å². The summed E-state index contributed by atoms with van der Waals surface area (Å²) >= 11 is 0. The monoisotopic (exact) mass is 395 g/mol. The maximum Gasteiger partial charge on any atom is 0.168 e. The molecule has 0 saturated carbocycles. The van der Waals surface area contributed by atoms with Gasteiger partial charge in [-0.05, 0) is 48.8 Å². The predicted octanol–water partition coefficient (Wildman–Crippen LogP) is 3.65. The highest BCUT2D eigenvalue weighted by Crippen LogP contribution is 2.30. The topological polar surface area (TPSA) is 73.2 Å². The number of halogens is 2. The van der Waals surface area contributed by atoms with Crippen LogP contribution in [0.15, 0.2) is 53.1 Å². The molecule has 0 bridgehead atoms. The lowest BCUT2D eigenvalue weighted by atomic mass is 10.0. The highest BCUT2D eigenvalue weighted by atomic mass is 19.1. The molecule has 0 fully saturated rings. The van der Waals surface area contributed by atoms with Crippen molar-refractivity contribution in [1.29, 1.82) is 5.26 Å². The number of pyridine rings is 1. The molecule has 0 amide bonds. The van der Waals surface area contributed by atoms with Crippen LogP contribution in [0, 0.1) is 23.0 Å². The number of hydrogen-bond acceptors (Lipinski definition) is 6. The van der Waals surface area contributed by atoms with E-state index in [1.807, 2.05) is 19.9 Å². The number of nitrogens with one attached hydrogen (secondary N) is 2. The van der Waals surface area contributed by atoms with Gasteiger partial charge in [0.2, 0.25) is 0 Å². The zero-order valence-corrected chi connectivity index (χ0v) is 16.0. The van der Waals surface area contributed by atoms with Crippen LogP contribution in [0.25, 0.3) is 0 Å². The molecule has 4 rings (SSSR count). The molecule has 2 aromatic rings. The van der Waals surface area contributed by atoms with Gasteiger partial charge < -0.3 is 9.64 Å². The van der Waals surface area contributed by atoms with Crippen LogP contribution in [-0.4, -0.2) is 16.4 Å². The Hall–Kier alpha value is -3.60. The fourth-order valence-corrected chi connectivity index (χ4v) is 3.44. The van der Waals surface area contributed by atoms with Gasteiger partial charge in [0.15, 0.2) is 11.6 Å². The highest BCUT2D eigenvalue weighted by Gasteiger charge is 2.24. The molecule has 6 nitrogen and oxygen atoms in total. The molecule has 1 aromatic heterocycles. The number of ether oxygens (including phenoxy) is 1. The Morgan fingerprint density at radius 3 is 2.76 bits per heavy atom. The first-order valence-electron chi connectivity index (χ1n) is 9.16. The number of allylic oxidation sites excluding steroid dienone is 3. The Morgan fingerprint density at radius 1 is 1.17 bits per heavy atom. The Bertz CT molecular complexity index is 1090. The van der Waals surface area contributed by atoms with Crippen LogP contribution >= 0.6 is 0 Å². The molecule has 0 atom stereocenters. The molecular formula is C21H19F2N5O. The van der Waals surface area contributed by atoms with Crippen molar-refractivity contribution in [3.8, 4) is 17.6 Å². The van der Waals surface area contributed by atoms with E-state index < -0.39 is 11.6 Å². The minimum absolute atomic E-state index is 0.0534. The Kier molecular flexibility index (Phi) is 4.80. The van der Waals surface area contributed by atoms with Crippen molar-refractivity contribution in [1.82, 2.24) is 20.7 Å². The molecule has 0 radical (unpaired) electrons. The van der Waals surface area contributed by atoms with Crippen molar-refractivity contribution < 1.29 is 13.5 Å². The number of nitrogens with zero attached hydrogens (tertiary/aromatic N) is 3. The summed E-state index contributed by atoms with van der Waals surface area (Å²) in [5.74, 6) is -0.182. The molecule has 0 saturated heterocycles. The average Bonchev–Trinajstić information content (AvgIpc) is 2.71. The van der Waals surface area contributed by atoms with E-state index in [1.54, 1.807) is 6.20 Å². The molecule has 0 aliphatic carbocycles. The highest BCUT2D eigenvalue weighted by molar-refractivity contribution is 5.43. The van der Waals surface area contributed by atoms with Gasteiger partial charge in [0, 0.05) is 31.3 Å². The van der Waals surface area contributed by atoms with Crippen molar-refractivity contribution in [2.24, 2.45) is 0 Å². The van der Waals surface area contributed by atoms with Gasteiger partial charge in [0.05, 0.1) is 6.20 Å². The molecule has 2 aliphatic heterocycles. The van der Waals surface area contributed by atoms with Gasteiger partial charge in [0.25, 0.3) is 0 Å². The maximum absolute atomic E-state index is 13.9. The molecule has 3 heterocycles. The van der Waals surface area contributed by atoms with E-state index in [4.69, 9.17) is 4.74 Å². The second-order valence-electron chi connectivity index (χ2n) is 6.96. The number of rotatable bonds is 3. The van der Waals surface area contributed by atoms with Crippen LogP contribution in [0.3, 0.4) is 0 Å². The van der Waals surface area contributed by atoms with Crippen LogP contribution < -0.4 is 15.6 Å². The van der Waals surface area contributed by atoms with Crippen molar-refractivity contribution in [2.75, 3.05) is 6.54 Å². The van der Waals surface area contributed by atoms with E-state index >= 15 is 0 Å². The van der Waals surface area contributed by atoms with E-state index in [9.17, 15) is 14.0 Å². The summed E-state index contributed by atoms with van der Waals surface area (Å²) in [6, 6.07) is 7.14. The van der Waals surface area contributed by atoms with Gasteiger partial charge in [-0.1, -0.05) is 0 Å². The average molecular weight is 395 g/mol. The van der Waals surface area contributed by atoms with Crippen LogP contribution in [0.1, 0.15) is 25.1 Å². The van der Waals surface area contributed by atoms with Gasteiger partial charge in [-0.2, -0.15) is 5.26 Å². The third-order valence-electron chi connectivity index (χ3n) is 5.16. The van der Waals surface area contributed by atoms with Crippen molar-refractivity contribution >= 4 is 0 Å². The fourth-order valence-electron chi connectivity index (χ4n) is 3.44. The number of benzene rings is 1. The quantitative estimate of drug-likeness (QED) is 0.827. The molecule has 0 unspecified atom stereocenters. The van der Waals surface area contributed by atoms with E-state index in [1.165, 1.54) is 6.07 Å². The molecule has 8 heteroatoms. The van der Waals surface area contributed by atoms with Gasteiger partial charge in [-0.3, -0.25) is 15.8 Å². The van der Waals surface area contributed by atoms with Gasteiger partial charge >= 0.3 is 0 Å². The first kappa shape index (κ1) is 18.7. The van der Waals surface area contributed by atoms with Crippen molar-refractivity contribution in [2.45, 2.75) is 26.8 Å². The summed E-state index contributed by atoms with van der Waals surface area (Å²) in [6.45, 7) is 5.23. The van der Waals surface area contributed by atoms with Gasteiger partial charge in [-0.25, -0.2) is 8.78 Å². The minimum Gasteiger partial charge on any atom is -0.453 e. The minimum atomic E-state index is -0.766. The predicted molar refractivity (Wildman–Crippen MR) is 102 cm³/mol. The number of nitriles is 1. The summed E-state index contributed by atoms with van der Waals surface area (Å²) < 4.78 is 32.5.